The summed E-state index contributed by atoms with van der Waals surface area (Å²) in [6, 6.07) is 5.88. The molecule has 0 amide bonds. The first-order valence-electron chi connectivity index (χ1n) is 6.65. The molecule has 2 N–H and O–H groups in total. The second kappa shape index (κ2) is 5.51. The number of hydrogen-bond acceptors (Lipinski definition) is 6. The summed E-state index contributed by atoms with van der Waals surface area (Å²) >= 11 is 4.86. The van der Waals surface area contributed by atoms with Gasteiger partial charge in [0.15, 0.2) is 5.82 Å². The van der Waals surface area contributed by atoms with Crippen LogP contribution in [0, 0.1) is 0 Å². The highest BCUT2D eigenvalue weighted by Crippen LogP contribution is 2.32. The monoisotopic (exact) mass is 378 g/mol. The van der Waals surface area contributed by atoms with E-state index in [1.807, 2.05) is 39.0 Å². The van der Waals surface area contributed by atoms with Gasteiger partial charge in [0.2, 0.25) is 5.16 Å². The van der Waals surface area contributed by atoms with Gasteiger partial charge in [-0.15, -0.1) is 10.2 Å². The summed E-state index contributed by atoms with van der Waals surface area (Å²) in [7, 11) is 0. The number of nitrogen functional groups attached to an aromatic ring is 1. The summed E-state index contributed by atoms with van der Waals surface area (Å²) in [4.78, 5) is 8.62. The highest BCUT2D eigenvalue weighted by molar-refractivity contribution is 9.10. The van der Waals surface area contributed by atoms with Crippen molar-refractivity contribution in [3.8, 4) is 0 Å². The van der Waals surface area contributed by atoms with Gasteiger partial charge in [0.1, 0.15) is 11.4 Å². The zero-order valence-electron chi connectivity index (χ0n) is 12.4. The number of halogens is 1. The lowest BCUT2D eigenvalue weighted by molar-refractivity contribution is 0.523. The molecule has 3 rings (SSSR count). The summed E-state index contributed by atoms with van der Waals surface area (Å²) in [5, 5.41) is 10.7. The predicted molar refractivity (Wildman–Crippen MR) is 90.2 cm³/mol. The van der Waals surface area contributed by atoms with Crippen LogP contribution in [0.4, 0.5) is 0 Å². The first-order chi connectivity index (χ1) is 10.4. The topological polar surface area (TPSA) is 82.5 Å². The Morgan fingerprint density at radius 2 is 1.95 bits per heavy atom. The summed E-state index contributed by atoms with van der Waals surface area (Å²) in [5.41, 5.74) is 0.706. The summed E-state index contributed by atoms with van der Waals surface area (Å²) in [5.74, 6) is 6.86. The maximum atomic E-state index is 6.13. The molecule has 0 radical (unpaired) electrons. The third-order valence-corrected chi connectivity index (χ3v) is 4.56. The Balaban J connectivity index is 2.04. The lowest BCUT2D eigenvalue weighted by Crippen LogP contribution is -2.24. The average Bonchev–Trinajstić information content (AvgIpc) is 2.81. The SMILES string of the molecule is CC(C)(C)c1nnc(Sc2ncnc3ccc(Br)cc23)n1N. The van der Waals surface area contributed by atoms with Crippen LogP contribution < -0.4 is 5.84 Å². The Morgan fingerprint density at radius 3 is 2.64 bits per heavy atom. The predicted octanol–water partition coefficient (Wildman–Crippen LogP) is 3.15. The molecule has 0 fully saturated rings. The van der Waals surface area contributed by atoms with Gasteiger partial charge in [-0.2, -0.15) is 0 Å². The van der Waals surface area contributed by atoms with Crippen molar-refractivity contribution in [2.24, 2.45) is 0 Å². The van der Waals surface area contributed by atoms with E-state index in [-0.39, 0.29) is 5.41 Å². The van der Waals surface area contributed by atoms with Crippen molar-refractivity contribution in [2.75, 3.05) is 5.84 Å². The zero-order valence-corrected chi connectivity index (χ0v) is 14.8. The number of fused-ring (bicyclic) bond motifs is 1. The number of hydrogen-bond donors (Lipinski definition) is 1. The fourth-order valence-corrected chi connectivity index (χ4v) is 3.20. The van der Waals surface area contributed by atoms with Gasteiger partial charge in [-0.25, -0.2) is 14.6 Å². The highest BCUT2D eigenvalue weighted by Gasteiger charge is 2.23. The number of rotatable bonds is 2. The number of nitrogens with two attached hydrogens (primary N) is 1. The number of benzene rings is 1. The van der Waals surface area contributed by atoms with E-state index in [1.165, 1.54) is 16.4 Å². The Morgan fingerprint density at radius 1 is 1.18 bits per heavy atom. The van der Waals surface area contributed by atoms with Gasteiger partial charge in [0, 0.05) is 15.3 Å². The molecule has 0 unspecified atom stereocenters. The van der Waals surface area contributed by atoms with Gasteiger partial charge < -0.3 is 5.84 Å². The van der Waals surface area contributed by atoms with E-state index in [9.17, 15) is 0 Å². The molecule has 1 aromatic carbocycles. The molecule has 0 saturated carbocycles. The van der Waals surface area contributed by atoms with E-state index >= 15 is 0 Å². The molecular weight excluding hydrogens is 364 g/mol. The molecule has 22 heavy (non-hydrogen) atoms. The molecule has 3 aromatic rings. The number of aromatic nitrogens is 5. The Hall–Kier alpha value is -1.67. The molecule has 0 spiro atoms. The lowest BCUT2D eigenvalue weighted by atomic mass is 9.96. The molecule has 114 valence electrons. The van der Waals surface area contributed by atoms with Gasteiger partial charge in [-0.05, 0) is 30.0 Å². The first-order valence-corrected chi connectivity index (χ1v) is 8.26. The highest BCUT2D eigenvalue weighted by atomic mass is 79.9. The van der Waals surface area contributed by atoms with Gasteiger partial charge in [-0.1, -0.05) is 36.7 Å². The molecule has 0 atom stereocenters. The van der Waals surface area contributed by atoms with Crippen LogP contribution in [0.2, 0.25) is 0 Å². The van der Waals surface area contributed by atoms with Crippen LogP contribution in [-0.2, 0) is 5.41 Å². The van der Waals surface area contributed by atoms with Crippen LogP contribution in [-0.4, -0.2) is 24.8 Å². The normalized spacial score (nSPS) is 12.0. The van der Waals surface area contributed by atoms with Crippen molar-refractivity contribution in [1.82, 2.24) is 24.8 Å². The molecule has 8 heteroatoms. The van der Waals surface area contributed by atoms with Crippen LogP contribution in [0.15, 0.2) is 39.2 Å². The van der Waals surface area contributed by atoms with Crippen molar-refractivity contribution in [3.63, 3.8) is 0 Å². The fourth-order valence-electron chi connectivity index (χ4n) is 2.03. The lowest BCUT2D eigenvalue weighted by Gasteiger charge is -2.16. The molecular formula is C14H15BrN6S. The van der Waals surface area contributed by atoms with Crippen LogP contribution in [0.1, 0.15) is 26.6 Å². The van der Waals surface area contributed by atoms with E-state index in [2.05, 4.69) is 36.1 Å². The van der Waals surface area contributed by atoms with E-state index in [4.69, 9.17) is 5.84 Å². The van der Waals surface area contributed by atoms with Gasteiger partial charge in [-0.3, -0.25) is 0 Å². The van der Waals surface area contributed by atoms with Gasteiger partial charge >= 0.3 is 0 Å². The van der Waals surface area contributed by atoms with Crippen molar-refractivity contribution in [2.45, 2.75) is 36.4 Å². The van der Waals surface area contributed by atoms with Crippen molar-refractivity contribution in [3.05, 3.63) is 34.8 Å². The van der Waals surface area contributed by atoms with Gasteiger partial charge in [0.05, 0.1) is 5.52 Å². The van der Waals surface area contributed by atoms with Crippen molar-refractivity contribution < 1.29 is 0 Å². The standard InChI is InChI=1S/C14H15BrN6S/c1-14(2,3)12-19-20-13(21(12)16)22-11-9-6-8(15)4-5-10(9)17-7-18-11/h4-7H,16H2,1-3H3. The Bertz CT molecular complexity index is 839. The van der Waals surface area contributed by atoms with Crippen LogP contribution >= 0.6 is 27.7 Å². The van der Waals surface area contributed by atoms with Crippen LogP contribution in [0.3, 0.4) is 0 Å². The molecule has 0 aliphatic rings. The molecule has 0 bridgehead atoms. The minimum Gasteiger partial charge on any atom is -0.336 e. The van der Waals surface area contributed by atoms with E-state index in [0.29, 0.717) is 5.16 Å². The van der Waals surface area contributed by atoms with E-state index in [0.717, 1.165) is 26.2 Å². The Labute approximate surface area is 140 Å². The van der Waals surface area contributed by atoms with Gasteiger partial charge in [0.25, 0.3) is 0 Å². The molecule has 0 aliphatic carbocycles. The summed E-state index contributed by atoms with van der Waals surface area (Å²) < 4.78 is 2.50. The van der Waals surface area contributed by atoms with Crippen molar-refractivity contribution in [1.29, 1.82) is 0 Å². The Kier molecular flexibility index (Phi) is 3.82. The maximum absolute atomic E-state index is 6.13. The average molecular weight is 379 g/mol. The second-order valence-corrected chi connectivity index (χ2v) is 7.74. The zero-order chi connectivity index (χ0) is 15.9. The number of nitrogens with zero attached hydrogens (tertiary/aromatic N) is 5. The fraction of sp³-hybridized carbons (Fsp3) is 0.286. The first kappa shape index (κ1) is 15.2. The van der Waals surface area contributed by atoms with Crippen LogP contribution in [0.25, 0.3) is 10.9 Å². The third-order valence-electron chi connectivity index (χ3n) is 3.08. The molecule has 0 aliphatic heterocycles. The second-order valence-electron chi connectivity index (χ2n) is 5.87. The van der Waals surface area contributed by atoms with E-state index < -0.39 is 0 Å². The minimum atomic E-state index is -0.169. The van der Waals surface area contributed by atoms with Crippen LogP contribution in [0.5, 0.6) is 0 Å². The summed E-state index contributed by atoms with van der Waals surface area (Å²) in [6.07, 6.45) is 1.54. The quantitative estimate of drug-likeness (QED) is 0.544. The molecule has 0 saturated heterocycles. The summed E-state index contributed by atoms with van der Waals surface area (Å²) in [6.45, 7) is 6.14. The maximum Gasteiger partial charge on any atom is 0.216 e. The smallest absolute Gasteiger partial charge is 0.216 e. The largest absolute Gasteiger partial charge is 0.336 e. The minimum absolute atomic E-state index is 0.169. The molecule has 2 aromatic heterocycles. The molecule has 6 nitrogen and oxygen atoms in total. The van der Waals surface area contributed by atoms with E-state index in [1.54, 1.807) is 6.33 Å². The molecule has 2 heterocycles. The van der Waals surface area contributed by atoms with Crippen molar-refractivity contribution >= 4 is 38.6 Å². The third kappa shape index (κ3) is 2.80.